The van der Waals surface area contributed by atoms with Gasteiger partial charge in [-0.25, -0.2) is 0 Å². The Kier molecular flexibility index (Phi) is 5.90. The number of likely N-dealkylation sites (N-methyl/N-ethyl adjacent to an activating group) is 1. The van der Waals surface area contributed by atoms with Crippen molar-refractivity contribution >= 4 is 15.9 Å². The molecule has 0 saturated carbocycles. The summed E-state index contributed by atoms with van der Waals surface area (Å²) in [6.45, 7) is 1.86. The molecule has 1 unspecified atom stereocenters. The van der Waals surface area contributed by atoms with Crippen molar-refractivity contribution in [1.82, 2.24) is 15.2 Å². The van der Waals surface area contributed by atoms with Crippen molar-refractivity contribution in [2.24, 2.45) is 0 Å². The molecule has 0 aliphatic carbocycles. The molecule has 0 fully saturated rings. The minimum atomic E-state index is -0.0510. The molecule has 0 bridgehead atoms. The van der Waals surface area contributed by atoms with Crippen molar-refractivity contribution < 1.29 is 5.11 Å². The molecule has 0 aromatic carbocycles. The zero-order valence-electron chi connectivity index (χ0n) is 9.65. The molecule has 1 rings (SSSR count). The summed E-state index contributed by atoms with van der Waals surface area (Å²) in [7, 11) is 4.05. The molecule has 0 radical (unpaired) electrons. The maximum atomic E-state index is 9.32. The lowest BCUT2D eigenvalue weighted by molar-refractivity contribution is 0.240. The lowest BCUT2D eigenvalue weighted by Crippen LogP contribution is -2.31. The van der Waals surface area contributed by atoms with E-state index in [0.29, 0.717) is 0 Å². The first-order valence-corrected chi connectivity index (χ1v) is 6.02. The first-order chi connectivity index (χ1) is 7.63. The van der Waals surface area contributed by atoms with Gasteiger partial charge in [0.25, 0.3) is 0 Å². The summed E-state index contributed by atoms with van der Waals surface area (Å²) >= 11 is 3.37. The third kappa shape index (κ3) is 4.57. The predicted molar refractivity (Wildman–Crippen MR) is 68.3 cm³/mol. The quantitative estimate of drug-likeness (QED) is 0.821. The molecule has 0 aliphatic heterocycles. The van der Waals surface area contributed by atoms with E-state index in [4.69, 9.17) is 0 Å². The maximum Gasteiger partial charge on any atom is 0.0627 e. The van der Waals surface area contributed by atoms with E-state index in [1.54, 1.807) is 12.4 Å². The summed E-state index contributed by atoms with van der Waals surface area (Å²) in [5.74, 6) is 0. The normalized spacial score (nSPS) is 13.1. The number of nitrogens with one attached hydrogen (secondary N) is 1. The number of hydrogen-bond acceptors (Lipinski definition) is 4. The zero-order valence-corrected chi connectivity index (χ0v) is 11.2. The van der Waals surface area contributed by atoms with Gasteiger partial charge in [0, 0.05) is 30.0 Å². The number of halogens is 1. The average molecular weight is 288 g/mol. The molecule has 2 N–H and O–H groups in total. The lowest BCUT2D eigenvalue weighted by atomic mass is 10.1. The Morgan fingerprint density at radius 3 is 2.81 bits per heavy atom. The van der Waals surface area contributed by atoms with Gasteiger partial charge >= 0.3 is 0 Å². The van der Waals surface area contributed by atoms with Crippen molar-refractivity contribution in [3.05, 3.63) is 28.5 Å². The van der Waals surface area contributed by atoms with E-state index in [1.165, 1.54) is 0 Å². The number of aliphatic hydroxyl groups excluding tert-OH is 1. The summed E-state index contributed by atoms with van der Waals surface area (Å²) in [5.41, 5.74) is 0.996. The van der Waals surface area contributed by atoms with Crippen LogP contribution in [0.4, 0.5) is 0 Å². The molecule has 0 saturated heterocycles. The largest absolute Gasteiger partial charge is 0.394 e. The van der Waals surface area contributed by atoms with Crippen LogP contribution >= 0.6 is 15.9 Å². The molecule has 5 heteroatoms. The van der Waals surface area contributed by atoms with E-state index in [1.807, 2.05) is 20.2 Å². The minimum Gasteiger partial charge on any atom is -0.394 e. The van der Waals surface area contributed by atoms with Crippen LogP contribution in [-0.2, 0) is 0 Å². The fourth-order valence-corrected chi connectivity index (χ4v) is 1.75. The highest BCUT2D eigenvalue weighted by Gasteiger charge is 2.10. The summed E-state index contributed by atoms with van der Waals surface area (Å²) < 4.78 is 0.929. The molecule has 4 nitrogen and oxygen atoms in total. The van der Waals surface area contributed by atoms with Gasteiger partial charge in [0.2, 0.25) is 0 Å². The molecule has 16 heavy (non-hydrogen) atoms. The molecule has 0 aliphatic rings. The SMILES string of the molecule is CN(C)CCNC(CO)c1cncc(Br)c1. The number of aliphatic hydroxyl groups is 1. The molecular formula is C11H18BrN3O. The van der Waals surface area contributed by atoms with Crippen LogP contribution in [0.2, 0.25) is 0 Å². The van der Waals surface area contributed by atoms with E-state index in [0.717, 1.165) is 23.1 Å². The zero-order chi connectivity index (χ0) is 12.0. The van der Waals surface area contributed by atoms with E-state index in [2.05, 4.69) is 31.1 Å². The second kappa shape index (κ2) is 6.96. The van der Waals surface area contributed by atoms with Crippen LogP contribution in [0.3, 0.4) is 0 Å². The highest BCUT2D eigenvalue weighted by molar-refractivity contribution is 9.10. The van der Waals surface area contributed by atoms with Crippen molar-refractivity contribution in [2.45, 2.75) is 6.04 Å². The van der Waals surface area contributed by atoms with E-state index in [9.17, 15) is 5.11 Å². The van der Waals surface area contributed by atoms with Gasteiger partial charge in [0.05, 0.1) is 12.6 Å². The molecule has 1 aromatic heterocycles. The van der Waals surface area contributed by atoms with Crippen LogP contribution in [-0.4, -0.2) is 48.8 Å². The van der Waals surface area contributed by atoms with Gasteiger partial charge in [0.1, 0.15) is 0 Å². The maximum absolute atomic E-state index is 9.32. The summed E-state index contributed by atoms with van der Waals surface area (Å²) in [4.78, 5) is 6.19. The third-order valence-electron chi connectivity index (χ3n) is 2.26. The minimum absolute atomic E-state index is 0.0510. The molecule has 90 valence electrons. The van der Waals surface area contributed by atoms with Gasteiger partial charge < -0.3 is 15.3 Å². The second-order valence-electron chi connectivity index (χ2n) is 3.93. The first kappa shape index (κ1) is 13.6. The summed E-state index contributed by atoms with van der Waals surface area (Å²) in [6.07, 6.45) is 3.51. The molecule has 0 amide bonds. The number of hydrogen-bond donors (Lipinski definition) is 2. The van der Waals surface area contributed by atoms with Crippen LogP contribution in [0.5, 0.6) is 0 Å². The molecule has 1 atom stereocenters. The summed E-state index contributed by atoms with van der Waals surface area (Å²) in [5, 5.41) is 12.6. The number of aromatic nitrogens is 1. The number of rotatable bonds is 6. The fraction of sp³-hybridized carbons (Fsp3) is 0.545. The van der Waals surface area contributed by atoms with Crippen LogP contribution < -0.4 is 5.32 Å². The van der Waals surface area contributed by atoms with Crippen LogP contribution in [0.25, 0.3) is 0 Å². The van der Waals surface area contributed by atoms with Gasteiger partial charge in [-0.05, 0) is 41.7 Å². The Balaban J connectivity index is 2.53. The topological polar surface area (TPSA) is 48.4 Å². The smallest absolute Gasteiger partial charge is 0.0627 e. The van der Waals surface area contributed by atoms with Gasteiger partial charge in [-0.3, -0.25) is 4.98 Å². The first-order valence-electron chi connectivity index (χ1n) is 5.23. The Hall–Kier alpha value is -0.490. The lowest BCUT2D eigenvalue weighted by Gasteiger charge is -2.18. The number of pyridine rings is 1. The van der Waals surface area contributed by atoms with Crippen LogP contribution in [0.15, 0.2) is 22.9 Å². The van der Waals surface area contributed by atoms with Crippen molar-refractivity contribution in [3.8, 4) is 0 Å². The Morgan fingerprint density at radius 2 is 2.25 bits per heavy atom. The van der Waals surface area contributed by atoms with Gasteiger partial charge in [0.15, 0.2) is 0 Å². The molecular weight excluding hydrogens is 270 g/mol. The van der Waals surface area contributed by atoms with Gasteiger partial charge in [-0.15, -0.1) is 0 Å². The molecule has 0 spiro atoms. The fourth-order valence-electron chi connectivity index (χ4n) is 1.37. The third-order valence-corrected chi connectivity index (χ3v) is 2.69. The number of nitrogens with zero attached hydrogens (tertiary/aromatic N) is 2. The van der Waals surface area contributed by atoms with Gasteiger partial charge in [-0.2, -0.15) is 0 Å². The van der Waals surface area contributed by atoms with Crippen molar-refractivity contribution in [1.29, 1.82) is 0 Å². The van der Waals surface area contributed by atoms with Gasteiger partial charge in [-0.1, -0.05) is 0 Å². The second-order valence-corrected chi connectivity index (χ2v) is 4.84. The Labute approximate surface area is 105 Å². The highest BCUT2D eigenvalue weighted by Crippen LogP contribution is 2.16. The van der Waals surface area contributed by atoms with E-state index >= 15 is 0 Å². The van der Waals surface area contributed by atoms with E-state index in [-0.39, 0.29) is 12.6 Å². The molecule has 1 heterocycles. The standard InChI is InChI=1S/C11H18BrN3O/c1-15(2)4-3-14-11(8-16)9-5-10(12)7-13-6-9/h5-7,11,14,16H,3-4,8H2,1-2H3. The van der Waals surface area contributed by atoms with E-state index < -0.39 is 0 Å². The van der Waals surface area contributed by atoms with Crippen molar-refractivity contribution in [2.75, 3.05) is 33.8 Å². The van der Waals surface area contributed by atoms with Crippen molar-refractivity contribution in [3.63, 3.8) is 0 Å². The van der Waals surface area contributed by atoms with Crippen LogP contribution in [0.1, 0.15) is 11.6 Å². The Morgan fingerprint density at radius 1 is 1.50 bits per heavy atom. The highest BCUT2D eigenvalue weighted by atomic mass is 79.9. The summed E-state index contributed by atoms with van der Waals surface area (Å²) in [6, 6.07) is 1.92. The Bertz CT molecular complexity index is 320. The monoisotopic (exact) mass is 287 g/mol. The van der Waals surface area contributed by atoms with Crippen LogP contribution in [0, 0.1) is 0 Å². The molecule has 1 aromatic rings. The predicted octanol–water partition coefficient (Wildman–Crippen LogP) is 1.03. The average Bonchev–Trinajstić information content (AvgIpc) is 2.24.